The van der Waals surface area contributed by atoms with E-state index in [1.54, 1.807) is 12.1 Å². The molecule has 0 fully saturated rings. The molecule has 0 spiro atoms. The zero-order valence-corrected chi connectivity index (χ0v) is 9.28. The van der Waals surface area contributed by atoms with Crippen LogP contribution in [0.5, 0.6) is 0 Å². The standard InChI is InChI=1S/C10H11BrO3/c1-6-2-3-8(11)7(4-6)9(12)5-10(13)14/h2-4,9,12H,5H2,1H3,(H,13,14)/t9-/m0/s1. The van der Waals surface area contributed by atoms with Crippen molar-refractivity contribution >= 4 is 21.9 Å². The molecular weight excluding hydrogens is 248 g/mol. The SMILES string of the molecule is Cc1ccc(Br)c([C@@H](O)CC(=O)O)c1. The van der Waals surface area contributed by atoms with Crippen molar-refractivity contribution in [2.75, 3.05) is 0 Å². The first-order chi connectivity index (χ1) is 6.50. The van der Waals surface area contributed by atoms with Crippen molar-refractivity contribution in [2.45, 2.75) is 19.4 Å². The van der Waals surface area contributed by atoms with Gasteiger partial charge >= 0.3 is 5.97 Å². The van der Waals surface area contributed by atoms with E-state index in [9.17, 15) is 9.90 Å². The van der Waals surface area contributed by atoms with Crippen LogP contribution in [0.1, 0.15) is 23.7 Å². The van der Waals surface area contributed by atoms with E-state index in [0.29, 0.717) is 5.56 Å². The van der Waals surface area contributed by atoms with Gasteiger partial charge in [-0.25, -0.2) is 0 Å². The normalized spacial score (nSPS) is 12.5. The Bertz CT molecular complexity index is 349. The number of benzene rings is 1. The minimum atomic E-state index is -1.01. The van der Waals surface area contributed by atoms with Gasteiger partial charge in [0.15, 0.2) is 0 Å². The smallest absolute Gasteiger partial charge is 0.306 e. The van der Waals surface area contributed by atoms with Crippen LogP contribution in [0.15, 0.2) is 22.7 Å². The largest absolute Gasteiger partial charge is 0.481 e. The van der Waals surface area contributed by atoms with Crippen LogP contribution in [0.4, 0.5) is 0 Å². The van der Waals surface area contributed by atoms with E-state index in [2.05, 4.69) is 15.9 Å². The first-order valence-electron chi connectivity index (χ1n) is 4.16. The second-order valence-corrected chi connectivity index (χ2v) is 3.99. The Balaban J connectivity index is 2.93. The summed E-state index contributed by atoms with van der Waals surface area (Å²) < 4.78 is 0.733. The summed E-state index contributed by atoms with van der Waals surface area (Å²) in [5, 5.41) is 18.1. The van der Waals surface area contributed by atoms with Gasteiger partial charge in [-0.15, -0.1) is 0 Å². The maximum Gasteiger partial charge on any atom is 0.306 e. The molecule has 1 aromatic carbocycles. The molecule has 4 heteroatoms. The lowest BCUT2D eigenvalue weighted by atomic mass is 10.0. The second-order valence-electron chi connectivity index (χ2n) is 3.14. The van der Waals surface area contributed by atoms with Gasteiger partial charge in [0.1, 0.15) is 0 Å². The average molecular weight is 259 g/mol. The van der Waals surface area contributed by atoms with Crippen LogP contribution in [-0.4, -0.2) is 16.2 Å². The molecule has 0 aliphatic heterocycles. The van der Waals surface area contributed by atoms with E-state index in [1.807, 2.05) is 13.0 Å². The molecule has 14 heavy (non-hydrogen) atoms. The Kier molecular flexibility index (Phi) is 3.66. The summed E-state index contributed by atoms with van der Waals surface area (Å²) in [6.45, 7) is 1.89. The van der Waals surface area contributed by atoms with Crippen LogP contribution >= 0.6 is 15.9 Å². The lowest BCUT2D eigenvalue weighted by Crippen LogP contribution is -2.06. The van der Waals surface area contributed by atoms with Crippen molar-refractivity contribution in [2.24, 2.45) is 0 Å². The summed E-state index contributed by atoms with van der Waals surface area (Å²) in [4.78, 5) is 10.4. The summed E-state index contributed by atoms with van der Waals surface area (Å²) in [6.07, 6.45) is -1.23. The number of carbonyl (C=O) groups is 1. The Morgan fingerprint density at radius 2 is 2.21 bits per heavy atom. The third-order valence-electron chi connectivity index (χ3n) is 1.88. The Morgan fingerprint density at radius 1 is 1.57 bits per heavy atom. The predicted molar refractivity (Wildman–Crippen MR) is 56.1 cm³/mol. The molecule has 0 aliphatic rings. The molecule has 0 bridgehead atoms. The van der Waals surface area contributed by atoms with E-state index < -0.39 is 12.1 Å². The van der Waals surface area contributed by atoms with Crippen molar-refractivity contribution < 1.29 is 15.0 Å². The van der Waals surface area contributed by atoms with Crippen LogP contribution in [0.25, 0.3) is 0 Å². The fraction of sp³-hybridized carbons (Fsp3) is 0.300. The molecule has 0 aliphatic carbocycles. The molecule has 0 amide bonds. The van der Waals surface area contributed by atoms with Crippen molar-refractivity contribution in [3.63, 3.8) is 0 Å². The van der Waals surface area contributed by atoms with Crippen molar-refractivity contribution in [1.82, 2.24) is 0 Å². The molecular formula is C10H11BrO3. The highest BCUT2D eigenvalue weighted by Crippen LogP contribution is 2.26. The molecule has 0 saturated heterocycles. The first-order valence-corrected chi connectivity index (χ1v) is 4.96. The van der Waals surface area contributed by atoms with Crippen molar-refractivity contribution in [3.8, 4) is 0 Å². The average Bonchev–Trinajstić information content (AvgIpc) is 2.08. The maximum atomic E-state index is 10.4. The minimum absolute atomic E-state index is 0.276. The fourth-order valence-electron chi connectivity index (χ4n) is 1.19. The topological polar surface area (TPSA) is 57.5 Å². The number of aliphatic hydroxyl groups excluding tert-OH is 1. The lowest BCUT2D eigenvalue weighted by Gasteiger charge is -2.11. The van der Waals surface area contributed by atoms with E-state index in [-0.39, 0.29) is 6.42 Å². The van der Waals surface area contributed by atoms with E-state index in [0.717, 1.165) is 10.0 Å². The van der Waals surface area contributed by atoms with Gasteiger partial charge in [-0.1, -0.05) is 33.6 Å². The molecule has 76 valence electrons. The van der Waals surface area contributed by atoms with E-state index in [4.69, 9.17) is 5.11 Å². The molecule has 3 nitrogen and oxygen atoms in total. The molecule has 1 aromatic rings. The van der Waals surface area contributed by atoms with Gasteiger partial charge in [0.2, 0.25) is 0 Å². The van der Waals surface area contributed by atoms with Crippen molar-refractivity contribution in [1.29, 1.82) is 0 Å². The fourth-order valence-corrected chi connectivity index (χ4v) is 1.70. The number of halogens is 1. The predicted octanol–water partition coefficient (Wildman–Crippen LogP) is 2.27. The molecule has 1 atom stereocenters. The lowest BCUT2D eigenvalue weighted by molar-refractivity contribution is -0.139. The van der Waals surface area contributed by atoms with Crippen LogP contribution in [-0.2, 0) is 4.79 Å². The molecule has 0 unspecified atom stereocenters. The summed E-state index contributed by atoms with van der Waals surface area (Å²) >= 11 is 3.27. The third-order valence-corrected chi connectivity index (χ3v) is 2.60. The molecule has 2 N–H and O–H groups in total. The van der Waals surface area contributed by atoms with E-state index >= 15 is 0 Å². The molecule has 0 aromatic heterocycles. The number of hydrogen-bond donors (Lipinski definition) is 2. The number of hydrogen-bond acceptors (Lipinski definition) is 2. The molecule has 0 heterocycles. The van der Waals surface area contributed by atoms with Gasteiger partial charge in [0.25, 0.3) is 0 Å². The summed E-state index contributed by atoms with van der Waals surface area (Å²) in [7, 11) is 0. The number of aryl methyl sites for hydroxylation is 1. The number of carboxylic acids is 1. The number of aliphatic carboxylic acids is 1. The first kappa shape index (κ1) is 11.2. The quantitative estimate of drug-likeness (QED) is 0.875. The van der Waals surface area contributed by atoms with Crippen LogP contribution < -0.4 is 0 Å². The number of aliphatic hydroxyl groups is 1. The monoisotopic (exact) mass is 258 g/mol. The number of carboxylic acid groups (broad SMARTS) is 1. The van der Waals surface area contributed by atoms with Gasteiger partial charge in [0.05, 0.1) is 12.5 Å². The molecule has 0 saturated carbocycles. The van der Waals surface area contributed by atoms with Gasteiger partial charge in [0, 0.05) is 4.47 Å². The maximum absolute atomic E-state index is 10.4. The van der Waals surface area contributed by atoms with Crippen molar-refractivity contribution in [3.05, 3.63) is 33.8 Å². The zero-order valence-electron chi connectivity index (χ0n) is 7.70. The Hall–Kier alpha value is -0.870. The summed E-state index contributed by atoms with van der Waals surface area (Å²) in [5.74, 6) is -1.01. The van der Waals surface area contributed by atoms with Crippen LogP contribution in [0, 0.1) is 6.92 Å². The van der Waals surface area contributed by atoms with Crippen LogP contribution in [0.3, 0.4) is 0 Å². The summed E-state index contributed by atoms with van der Waals surface area (Å²) in [6, 6.07) is 5.47. The Morgan fingerprint density at radius 3 is 2.79 bits per heavy atom. The van der Waals surface area contributed by atoms with Gasteiger partial charge < -0.3 is 10.2 Å². The third kappa shape index (κ3) is 2.82. The Labute approximate surface area is 90.5 Å². The second kappa shape index (κ2) is 4.57. The van der Waals surface area contributed by atoms with Crippen LogP contribution in [0.2, 0.25) is 0 Å². The number of rotatable bonds is 3. The highest BCUT2D eigenvalue weighted by Gasteiger charge is 2.14. The molecule has 0 radical (unpaired) electrons. The highest BCUT2D eigenvalue weighted by molar-refractivity contribution is 9.10. The highest BCUT2D eigenvalue weighted by atomic mass is 79.9. The van der Waals surface area contributed by atoms with Gasteiger partial charge in [-0.3, -0.25) is 4.79 Å². The van der Waals surface area contributed by atoms with Gasteiger partial charge in [-0.2, -0.15) is 0 Å². The molecule has 1 rings (SSSR count). The van der Waals surface area contributed by atoms with Gasteiger partial charge in [-0.05, 0) is 18.6 Å². The zero-order chi connectivity index (χ0) is 10.7. The van der Waals surface area contributed by atoms with E-state index in [1.165, 1.54) is 0 Å². The summed E-state index contributed by atoms with van der Waals surface area (Å²) in [5.41, 5.74) is 1.61. The minimum Gasteiger partial charge on any atom is -0.481 e.